The third-order valence-corrected chi connectivity index (χ3v) is 5.21. The molecular weight excluding hydrogens is 356 g/mol. The molecule has 7 heteroatoms. The molecule has 4 rings (SSSR count). The fraction of sp³-hybridized carbons (Fsp3) is 0.238. The van der Waals surface area contributed by atoms with Gasteiger partial charge in [0.1, 0.15) is 17.1 Å². The van der Waals surface area contributed by atoms with Gasteiger partial charge in [-0.15, -0.1) is 0 Å². The quantitative estimate of drug-likeness (QED) is 0.650. The van der Waals surface area contributed by atoms with Gasteiger partial charge in [0.05, 0.1) is 22.8 Å². The van der Waals surface area contributed by atoms with Gasteiger partial charge in [-0.1, -0.05) is 24.3 Å². The first-order valence-electron chi connectivity index (χ1n) is 9.04. The van der Waals surface area contributed by atoms with Crippen molar-refractivity contribution in [3.8, 4) is 11.5 Å². The van der Waals surface area contributed by atoms with Crippen LogP contribution in [0.5, 0.6) is 11.5 Å². The molecule has 1 aliphatic heterocycles. The Bertz CT molecular complexity index is 1060. The molecule has 0 bridgehead atoms. The highest BCUT2D eigenvalue weighted by atomic mass is 16.3. The maximum Gasteiger partial charge on any atom is 0.260 e. The van der Waals surface area contributed by atoms with Crippen LogP contribution >= 0.6 is 0 Å². The Morgan fingerprint density at radius 3 is 2.32 bits per heavy atom. The average molecular weight is 378 g/mol. The van der Waals surface area contributed by atoms with E-state index in [0.29, 0.717) is 18.8 Å². The number of aryl methyl sites for hydroxylation is 2. The summed E-state index contributed by atoms with van der Waals surface area (Å²) in [5, 5.41) is 28.0. The van der Waals surface area contributed by atoms with E-state index in [1.807, 2.05) is 45.2 Å². The number of phenols is 2. The van der Waals surface area contributed by atoms with Crippen molar-refractivity contribution in [2.24, 2.45) is 7.05 Å². The molecule has 1 amide bonds. The third-order valence-electron chi connectivity index (χ3n) is 5.21. The van der Waals surface area contributed by atoms with E-state index >= 15 is 0 Å². The van der Waals surface area contributed by atoms with Crippen molar-refractivity contribution in [2.45, 2.75) is 26.9 Å². The average Bonchev–Trinajstić information content (AvgIpc) is 3.17. The molecule has 0 unspecified atom stereocenters. The lowest BCUT2D eigenvalue weighted by Gasteiger charge is -2.20. The van der Waals surface area contributed by atoms with Crippen molar-refractivity contribution in [1.29, 1.82) is 0 Å². The van der Waals surface area contributed by atoms with Crippen LogP contribution < -0.4 is 5.32 Å². The standard InChI is InChI=1S/C21H22N4O3/c1-12-20(13(2)24(3)23-12)22-17-8-16(26)9-18(27)19(17)21(28)25-10-14-6-4-5-7-15(14)11-25/h4-9,22,26-27H,10-11H2,1-3H3. The summed E-state index contributed by atoms with van der Waals surface area (Å²) in [6.07, 6.45) is 0. The van der Waals surface area contributed by atoms with Crippen LogP contribution in [0.1, 0.15) is 32.9 Å². The van der Waals surface area contributed by atoms with Crippen molar-refractivity contribution < 1.29 is 15.0 Å². The second kappa shape index (κ2) is 6.60. The van der Waals surface area contributed by atoms with Crippen LogP contribution in [0.25, 0.3) is 0 Å². The lowest BCUT2D eigenvalue weighted by molar-refractivity contribution is 0.0749. The summed E-state index contributed by atoms with van der Waals surface area (Å²) in [5.41, 5.74) is 5.06. The molecule has 2 heterocycles. The Balaban J connectivity index is 1.72. The van der Waals surface area contributed by atoms with E-state index in [4.69, 9.17) is 0 Å². The number of aromatic hydroxyl groups is 2. The highest BCUT2D eigenvalue weighted by Crippen LogP contribution is 2.37. The van der Waals surface area contributed by atoms with Crippen LogP contribution in [0.3, 0.4) is 0 Å². The summed E-state index contributed by atoms with van der Waals surface area (Å²) >= 11 is 0. The van der Waals surface area contributed by atoms with Gasteiger partial charge >= 0.3 is 0 Å². The molecule has 0 radical (unpaired) electrons. The van der Waals surface area contributed by atoms with Crippen LogP contribution in [0.15, 0.2) is 36.4 Å². The molecule has 1 aromatic heterocycles. The molecule has 0 atom stereocenters. The van der Waals surface area contributed by atoms with Crippen molar-refractivity contribution in [1.82, 2.24) is 14.7 Å². The maximum atomic E-state index is 13.3. The fourth-order valence-corrected chi connectivity index (χ4v) is 3.66. The first kappa shape index (κ1) is 17.9. The SMILES string of the molecule is Cc1nn(C)c(C)c1Nc1cc(O)cc(O)c1C(=O)N1Cc2ccccc2C1. The van der Waals surface area contributed by atoms with Gasteiger partial charge in [-0.2, -0.15) is 5.10 Å². The number of carbonyl (C=O) groups excluding carboxylic acids is 1. The highest BCUT2D eigenvalue weighted by Gasteiger charge is 2.28. The molecule has 2 aromatic carbocycles. The van der Waals surface area contributed by atoms with Gasteiger partial charge in [0.25, 0.3) is 5.91 Å². The Morgan fingerprint density at radius 2 is 1.75 bits per heavy atom. The number of benzene rings is 2. The molecule has 0 saturated heterocycles. The van der Waals surface area contributed by atoms with E-state index in [9.17, 15) is 15.0 Å². The Kier molecular flexibility index (Phi) is 4.22. The summed E-state index contributed by atoms with van der Waals surface area (Å²) in [6.45, 7) is 4.74. The highest BCUT2D eigenvalue weighted by molar-refractivity contribution is 6.03. The van der Waals surface area contributed by atoms with E-state index in [1.54, 1.807) is 9.58 Å². The largest absolute Gasteiger partial charge is 0.508 e. The number of aromatic nitrogens is 2. The van der Waals surface area contributed by atoms with Crippen molar-refractivity contribution in [2.75, 3.05) is 5.32 Å². The van der Waals surface area contributed by atoms with Gasteiger partial charge in [0.15, 0.2) is 0 Å². The van der Waals surface area contributed by atoms with Crippen molar-refractivity contribution >= 4 is 17.3 Å². The second-order valence-corrected chi connectivity index (χ2v) is 7.11. The zero-order valence-electron chi connectivity index (χ0n) is 16.0. The Hall–Kier alpha value is -3.48. The lowest BCUT2D eigenvalue weighted by Crippen LogP contribution is -2.26. The molecule has 28 heavy (non-hydrogen) atoms. The Labute approximate surface area is 162 Å². The summed E-state index contributed by atoms with van der Waals surface area (Å²) < 4.78 is 1.74. The van der Waals surface area contributed by atoms with Crippen LogP contribution in [0.4, 0.5) is 11.4 Å². The zero-order valence-corrected chi connectivity index (χ0v) is 16.0. The smallest absolute Gasteiger partial charge is 0.260 e. The Morgan fingerprint density at radius 1 is 1.11 bits per heavy atom. The van der Waals surface area contributed by atoms with Gasteiger partial charge in [0, 0.05) is 32.3 Å². The predicted molar refractivity (Wildman–Crippen MR) is 106 cm³/mol. The number of hydrogen-bond donors (Lipinski definition) is 3. The molecular formula is C21H22N4O3. The van der Waals surface area contributed by atoms with Gasteiger partial charge in [-0.05, 0) is 25.0 Å². The van der Waals surface area contributed by atoms with Gasteiger partial charge in [-0.25, -0.2) is 0 Å². The first-order chi connectivity index (χ1) is 13.3. The van der Waals surface area contributed by atoms with E-state index in [1.165, 1.54) is 12.1 Å². The summed E-state index contributed by atoms with van der Waals surface area (Å²) in [5.74, 6) is -0.682. The number of nitrogens with one attached hydrogen (secondary N) is 1. The molecule has 3 N–H and O–H groups in total. The van der Waals surface area contributed by atoms with Crippen molar-refractivity contribution in [3.05, 3.63) is 64.5 Å². The molecule has 1 aliphatic rings. The minimum absolute atomic E-state index is 0.125. The van der Waals surface area contributed by atoms with Crippen LogP contribution in [0, 0.1) is 13.8 Å². The van der Waals surface area contributed by atoms with Crippen molar-refractivity contribution in [3.63, 3.8) is 0 Å². The number of phenolic OH excluding ortho intramolecular Hbond substituents is 2. The zero-order chi connectivity index (χ0) is 20.0. The minimum Gasteiger partial charge on any atom is -0.508 e. The number of nitrogens with zero attached hydrogens (tertiary/aromatic N) is 3. The summed E-state index contributed by atoms with van der Waals surface area (Å²) in [6, 6.07) is 10.5. The molecule has 0 saturated carbocycles. The van der Waals surface area contributed by atoms with Gasteiger partial charge in [-0.3, -0.25) is 9.48 Å². The summed E-state index contributed by atoms with van der Waals surface area (Å²) in [7, 11) is 1.83. The topological polar surface area (TPSA) is 90.6 Å². The molecule has 0 aliphatic carbocycles. The molecule has 0 fully saturated rings. The van der Waals surface area contributed by atoms with E-state index < -0.39 is 0 Å². The van der Waals surface area contributed by atoms with Crippen LogP contribution in [-0.2, 0) is 20.1 Å². The van der Waals surface area contributed by atoms with Crippen LogP contribution in [0.2, 0.25) is 0 Å². The molecule has 0 spiro atoms. The first-order valence-corrected chi connectivity index (χ1v) is 9.04. The van der Waals surface area contributed by atoms with E-state index in [-0.39, 0.29) is 23.0 Å². The molecule has 3 aromatic rings. The van der Waals surface area contributed by atoms with E-state index in [2.05, 4.69) is 10.4 Å². The number of rotatable bonds is 3. The number of anilines is 2. The minimum atomic E-state index is -0.296. The molecule has 7 nitrogen and oxygen atoms in total. The van der Waals surface area contributed by atoms with E-state index in [0.717, 1.165) is 28.2 Å². The summed E-state index contributed by atoms with van der Waals surface area (Å²) in [4.78, 5) is 14.9. The monoisotopic (exact) mass is 378 g/mol. The third kappa shape index (κ3) is 2.94. The van der Waals surface area contributed by atoms with Gasteiger partial charge < -0.3 is 20.4 Å². The number of carbonyl (C=O) groups is 1. The van der Waals surface area contributed by atoms with Gasteiger partial charge in [0.2, 0.25) is 0 Å². The molecule has 144 valence electrons. The number of amides is 1. The number of hydrogen-bond acceptors (Lipinski definition) is 5. The normalized spacial score (nSPS) is 12.9. The predicted octanol–water partition coefficient (Wildman–Crippen LogP) is 3.35. The lowest BCUT2D eigenvalue weighted by atomic mass is 10.1. The maximum absolute atomic E-state index is 13.3. The fourth-order valence-electron chi connectivity index (χ4n) is 3.66. The van der Waals surface area contributed by atoms with Crippen LogP contribution in [-0.4, -0.2) is 30.8 Å². The second-order valence-electron chi connectivity index (χ2n) is 7.11. The number of fused-ring (bicyclic) bond motifs is 1.